The molecule has 5 rings (SSSR count). The number of anilines is 1. The lowest BCUT2D eigenvalue weighted by molar-refractivity contribution is 0.414. The molecule has 4 heteroatoms. The number of rotatable bonds is 5. The van der Waals surface area contributed by atoms with Crippen molar-refractivity contribution in [1.29, 1.82) is 0 Å². The molecule has 0 amide bonds. The maximum Gasteiger partial charge on any atom is 0.0465 e. The van der Waals surface area contributed by atoms with Gasteiger partial charge < -0.3 is 15.2 Å². The highest BCUT2D eigenvalue weighted by molar-refractivity contribution is 5.86. The number of pyridine rings is 1. The van der Waals surface area contributed by atoms with Crippen LogP contribution < -0.4 is 10.2 Å². The van der Waals surface area contributed by atoms with Crippen LogP contribution in [-0.4, -0.2) is 29.1 Å². The first-order chi connectivity index (χ1) is 14.3. The minimum Gasteiger partial charge on any atom is -0.371 e. The average Bonchev–Trinajstić information content (AvgIpc) is 3.23. The second kappa shape index (κ2) is 8.10. The summed E-state index contributed by atoms with van der Waals surface area (Å²) in [6.45, 7) is 3.09. The summed E-state index contributed by atoms with van der Waals surface area (Å²) in [6.07, 6.45) is 6.06. The van der Waals surface area contributed by atoms with Crippen LogP contribution in [-0.2, 0) is 6.54 Å². The van der Waals surface area contributed by atoms with Crippen LogP contribution in [0.2, 0.25) is 0 Å². The Balaban J connectivity index is 1.23. The van der Waals surface area contributed by atoms with Gasteiger partial charge in [0.05, 0.1) is 0 Å². The zero-order valence-electron chi connectivity index (χ0n) is 16.5. The van der Waals surface area contributed by atoms with Crippen molar-refractivity contribution >= 4 is 16.6 Å². The van der Waals surface area contributed by atoms with E-state index in [2.05, 4.69) is 86.9 Å². The largest absolute Gasteiger partial charge is 0.371 e. The Morgan fingerprint density at radius 2 is 1.76 bits per heavy atom. The lowest BCUT2D eigenvalue weighted by Crippen LogP contribution is -2.42. The van der Waals surface area contributed by atoms with Gasteiger partial charge in [0.1, 0.15) is 0 Å². The first-order valence-electron chi connectivity index (χ1n) is 10.4. The number of piperidine rings is 1. The van der Waals surface area contributed by atoms with Gasteiger partial charge in [-0.2, -0.15) is 0 Å². The van der Waals surface area contributed by atoms with E-state index in [9.17, 15) is 0 Å². The van der Waals surface area contributed by atoms with Crippen LogP contribution in [0.5, 0.6) is 0 Å². The zero-order chi connectivity index (χ0) is 19.5. The number of H-pyrrole nitrogens is 1. The van der Waals surface area contributed by atoms with E-state index < -0.39 is 0 Å². The van der Waals surface area contributed by atoms with Crippen molar-refractivity contribution < 1.29 is 0 Å². The fourth-order valence-corrected chi connectivity index (χ4v) is 4.20. The molecule has 0 spiro atoms. The number of aromatic nitrogens is 2. The number of hydrogen-bond acceptors (Lipinski definition) is 3. The molecule has 0 unspecified atom stereocenters. The topological polar surface area (TPSA) is 44.0 Å². The second-order valence-electron chi connectivity index (χ2n) is 7.82. The molecule has 0 aliphatic carbocycles. The van der Waals surface area contributed by atoms with Crippen molar-refractivity contribution in [3.05, 3.63) is 84.7 Å². The number of para-hydroxylation sites is 1. The Morgan fingerprint density at radius 3 is 2.59 bits per heavy atom. The van der Waals surface area contributed by atoms with E-state index in [1.165, 1.54) is 46.3 Å². The summed E-state index contributed by atoms with van der Waals surface area (Å²) < 4.78 is 0. The van der Waals surface area contributed by atoms with Crippen molar-refractivity contribution in [3.63, 3.8) is 0 Å². The molecule has 0 atom stereocenters. The van der Waals surface area contributed by atoms with Gasteiger partial charge in [-0.1, -0.05) is 30.3 Å². The Hall–Kier alpha value is -3.11. The van der Waals surface area contributed by atoms with E-state index >= 15 is 0 Å². The third-order valence-corrected chi connectivity index (χ3v) is 5.89. The van der Waals surface area contributed by atoms with Crippen molar-refractivity contribution in [2.24, 2.45) is 0 Å². The van der Waals surface area contributed by atoms with Gasteiger partial charge in [0, 0.05) is 60.4 Å². The quantitative estimate of drug-likeness (QED) is 0.511. The van der Waals surface area contributed by atoms with Crippen molar-refractivity contribution in [2.75, 3.05) is 18.0 Å². The predicted octanol–water partition coefficient (Wildman–Crippen LogP) is 4.99. The van der Waals surface area contributed by atoms with Gasteiger partial charge >= 0.3 is 0 Å². The number of hydrogen-bond donors (Lipinski definition) is 2. The van der Waals surface area contributed by atoms with Gasteiger partial charge in [-0.05, 0) is 60.4 Å². The van der Waals surface area contributed by atoms with Crippen LogP contribution in [0, 0.1) is 0 Å². The summed E-state index contributed by atoms with van der Waals surface area (Å²) >= 11 is 0. The molecule has 1 saturated heterocycles. The summed E-state index contributed by atoms with van der Waals surface area (Å²) in [5.41, 5.74) is 6.23. The highest BCUT2D eigenvalue weighted by Crippen LogP contribution is 2.28. The monoisotopic (exact) mass is 382 g/mol. The summed E-state index contributed by atoms with van der Waals surface area (Å²) in [7, 11) is 0. The average molecular weight is 383 g/mol. The van der Waals surface area contributed by atoms with Gasteiger partial charge in [0.2, 0.25) is 0 Å². The Kier molecular flexibility index (Phi) is 5.01. The van der Waals surface area contributed by atoms with Crippen LogP contribution in [0.15, 0.2) is 79.1 Å². The number of nitrogens with one attached hydrogen (secondary N) is 2. The summed E-state index contributed by atoms with van der Waals surface area (Å²) in [5.74, 6) is 0. The van der Waals surface area contributed by atoms with E-state index in [0.29, 0.717) is 6.04 Å². The fraction of sp³-hybridized carbons (Fsp3) is 0.240. The van der Waals surface area contributed by atoms with E-state index in [1.807, 2.05) is 12.4 Å². The highest BCUT2D eigenvalue weighted by atomic mass is 15.1. The van der Waals surface area contributed by atoms with Gasteiger partial charge in [0.15, 0.2) is 0 Å². The van der Waals surface area contributed by atoms with Crippen LogP contribution in [0.3, 0.4) is 0 Å². The molecule has 1 aliphatic rings. The van der Waals surface area contributed by atoms with E-state index in [4.69, 9.17) is 0 Å². The van der Waals surface area contributed by atoms with Crippen LogP contribution in [0.4, 0.5) is 5.69 Å². The van der Waals surface area contributed by atoms with Gasteiger partial charge in [-0.3, -0.25) is 4.98 Å². The number of benzene rings is 2. The zero-order valence-corrected chi connectivity index (χ0v) is 16.5. The van der Waals surface area contributed by atoms with Gasteiger partial charge in [0.25, 0.3) is 0 Å². The van der Waals surface area contributed by atoms with E-state index in [0.717, 1.165) is 19.6 Å². The normalized spacial score (nSPS) is 15.1. The molecule has 146 valence electrons. The predicted molar refractivity (Wildman–Crippen MR) is 120 cm³/mol. The summed E-state index contributed by atoms with van der Waals surface area (Å²) in [5, 5.41) is 4.96. The lowest BCUT2D eigenvalue weighted by atomic mass is 10.0. The first-order valence-corrected chi connectivity index (χ1v) is 10.4. The molecular weight excluding hydrogens is 356 g/mol. The van der Waals surface area contributed by atoms with Crippen LogP contribution in [0.25, 0.3) is 22.2 Å². The van der Waals surface area contributed by atoms with Crippen LogP contribution >= 0.6 is 0 Å². The number of fused-ring (bicyclic) bond motifs is 1. The molecule has 2 aromatic carbocycles. The van der Waals surface area contributed by atoms with E-state index in [-0.39, 0.29) is 0 Å². The molecule has 1 fully saturated rings. The minimum absolute atomic E-state index is 0.580. The van der Waals surface area contributed by atoms with E-state index in [1.54, 1.807) is 0 Å². The van der Waals surface area contributed by atoms with Crippen LogP contribution in [0.1, 0.15) is 18.4 Å². The Bertz CT molecular complexity index is 1050. The summed E-state index contributed by atoms with van der Waals surface area (Å²) in [6, 6.07) is 24.3. The second-order valence-corrected chi connectivity index (χ2v) is 7.82. The molecule has 2 aromatic heterocycles. The maximum absolute atomic E-state index is 4.09. The molecule has 0 bridgehead atoms. The molecule has 0 radical (unpaired) electrons. The molecule has 3 heterocycles. The van der Waals surface area contributed by atoms with Crippen molar-refractivity contribution in [3.8, 4) is 11.3 Å². The SMILES string of the molecule is c1cc(-c2cc3ccccc3[nH]2)cc(N2CCC(NCc3ccncc3)CC2)c1. The summed E-state index contributed by atoms with van der Waals surface area (Å²) in [4.78, 5) is 10.1. The smallest absolute Gasteiger partial charge is 0.0465 e. The van der Waals surface area contributed by atoms with Crippen molar-refractivity contribution in [1.82, 2.24) is 15.3 Å². The Morgan fingerprint density at radius 1 is 0.931 bits per heavy atom. The highest BCUT2D eigenvalue weighted by Gasteiger charge is 2.19. The van der Waals surface area contributed by atoms with Gasteiger partial charge in [-0.25, -0.2) is 0 Å². The standard InChI is InChI=1S/C25H26N4/c1-2-7-24-21(4-1)17-25(28-24)20-5-3-6-23(16-20)29-14-10-22(11-15-29)27-18-19-8-12-26-13-9-19/h1-9,12-13,16-17,22,27-28H,10-11,14-15,18H2. The first kappa shape index (κ1) is 18.0. The molecule has 4 nitrogen and oxygen atoms in total. The van der Waals surface area contributed by atoms with Crippen molar-refractivity contribution in [2.45, 2.75) is 25.4 Å². The molecule has 29 heavy (non-hydrogen) atoms. The third-order valence-electron chi connectivity index (χ3n) is 5.89. The number of aromatic amines is 1. The molecule has 1 aliphatic heterocycles. The fourth-order valence-electron chi connectivity index (χ4n) is 4.20. The minimum atomic E-state index is 0.580. The molecular formula is C25H26N4. The molecule has 2 N–H and O–H groups in total. The lowest BCUT2D eigenvalue weighted by Gasteiger charge is -2.34. The number of nitrogens with zero attached hydrogens (tertiary/aromatic N) is 2. The molecule has 4 aromatic rings. The Labute approximate surface area is 171 Å². The third kappa shape index (κ3) is 4.03. The molecule has 0 saturated carbocycles. The maximum atomic E-state index is 4.09. The van der Waals surface area contributed by atoms with Gasteiger partial charge in [-0.15, -0.1) is 0 Å².